The van der Waals surface area contributed by atoms with Gasteiger partial charge in [-0.25, -0.2) is 0 Å². The molecule has 1 aliphatic carbocycles. The summed E-state index contributed by atoms with van der Waals surface area (Å²) in [5, 5.41) is 0. The lowest BCUT2D eigenvalue weighted by Gasteiger charge is -2.20. The van der Waals surface area contributed by atoms with E-state index in [9.17, 15) is 4.79 Å². The molecule has 0 aliphatic heterocycles. The smallest absolute Gasteiger partial charge is 0.253 e. The Labute approximate surface area is 110 Å². The van der Waals surface area contributed by atoms with Gasteiger partial charge in [-0.2, -0.15) is 0 Å². The molecule has 2 nitrogen and oxygen atoms in total. The summed E-state index contributed by atoms with van der Waals surface area (Å²) >= 11 is 0. The van der Waals surface area contributed by atoms with E-state index in [-0.39, 0.29) is 11.3 Å². The molecule has 2 rings (SSSR count). The van der Waals surface area contributed by atoms with Crippen molar-refractivity contribution in [1.29, 1.82) is 0 Å². The van der Waals surface area contributed by atoms with Crippen molar-refractivity contribution in [3.8, 4) is 0 Å². The monoisotopic (exact) mass is 245 g/mol. The first-order chi connectivity index (χ1) is 8.38. The molecule has 1 aliphatic rings. The summed E-state index contributed by atoms with van der Waals surface area (Å²) in [6.45, 7) is 7.45. The minimum atomic E-state index is 0.140. The van der Waals surface area contributed by atoms with Crippen LogP contribution in [0.25, 0.3) is 0 Å². The van der Waals surface area contributed by atoms with Crippen LogP contribution in [0, 0.1) is 5.92 Å². The molecule has 0 radical (unpaired) electrons. The Morgan fingerprint density at radius 2 is 1.78 bits per heavy atom. The van der Waals surface area contributed by atoms with E-state index in [1.54, 1.807) is 0 Å². The van der Waals surface area contributed by atoms with Gasteiger partial charge in [0.2, 0.25) is 0 Å². The standard InChI is InChI=1S/C16H23NO/c1-16(2,3)14-9-7-13(8-10-14)15(18)17(4)11-12-5-6-12/h7-10,12H,5-6,11H2,1-4H3. The summed E-state index contributed by atoms with van der Waals surface area (Å²) < 4.78 is 0. The van der Waals surface area contributed by atoms with Gasteiger partial charge >= 0.3 is 0 Å². The van der Waals surface area contributed by atoms with Crippen LogP contribution in [0.2, 0.25) is 0 Å². The van der Waals surface area contributed by atoms with Crippen molar-refractivity contribution < 1.29 is 4.79 Å². The number of hydrogen-bond donors (Lipinski definition) is 0. The lowest BCUT2D eigenvalue weighted by molar-refractivity contribution is 0.0788. The molecule has 0 aromatic heterocycles. The predicted molar refractivity (Wildman–Crippen MR) is 74.8 cm³/mol. The first-order valence-corrected chi connectivity index (χ1v) is 6.74. The fourth-order valence-electron chi connectivity index (χ4n) is 2.10. The van der Waals surface area contributed by atoms with Crippen LogP contribution in [0.5, 0.6) is 0 Å². The molecule has 0 atom stereocenters. The zero-order valence-corrected chi connectivity index (χ0v) is 11.9. The van der Waals surface area contributed by atoms with Crippen LogP contribution in [0.4, 0.5) is 0 Å². The van der Waals surface area contributed by atoms with Crippen LogP contribution in [0.3, 0.4) is 0 Å². The third-order valence-corrected chi connectivity index (χ3v) is 3.57. The second-order valence-electron chi connectivity index (χ2n) is 6.46. The van der Waals surface area contributed by atoms with Crippen LogP contribution < -0.4 is 0 Å². The molecule has 98 valence electrons. The van der Waals surface area contributed by atoms with Crippen molar-refractivity contribution in [1.82, 2.24) is 4.90 Å². The van der Waals surface area contributed by atoms with Crippen molar-refractivity contribution in [3.63, 3.8) is 0 Å². The molecule has 1 saturated carbocycles. The summed E-state index contributed by atoms with van der Waals surface area (Å²) in [6.07, 6.45) is 2.56. The van der Waals surface area contributed by atoms with Crippen molar-refractivity contribution in [2.45, 2.75) is 39.0 Å². The summed E-state index contributed by atoms with van der Waals surface area (Å²) in [6, 6.07) is 8.04. The Bertz CT molecular complexity index is 423. The highest BCUT2D eigenvalue weighted by Gasteiger charge is 2.25. The van der Waals surface area contributed by atoms with Crippen LogP contribution in [-0.4, -0.2) is 24.4 Å². The Balaban J connectivity index is 2.06. The second kappa shape index (κ2) is 4.75. The Morgan fingerprint density at radius 1 is 1.22 bits per heavy atom. The number of rotatable bonds is 3. The molecular formula is C16H23NO. The van der Waals surface area contributed by atoms with Gasteiger partial charge in [-0.15, -0.1) is 0 Å². The van der Waals surface area contributed by atoms with Gasteiger partial charge in [0.1, 0.15) is 0 Å². The number of nitrogens with zero attached hydrogens (tertiary/aromatic N) is 1. The lowest BCUT2D eigenvalue weighted by atomic mass is 9.86. The first kappa shape index (κ1) is 13.1. The maximum atomic E-state index is 12.2. The molecule has 2 heteroatoms. The topological polar surface area (TPSA) is 20.3 Å². The molecular weight excluding hydrogens is 222 g/mol. The van der Waals surface area contributed by atoms with Gasteiger partial charge in [-0.1, -0.05) is 32.9 Å². The Hall–Kier alpha value is -1.31. The molecule has 0 saturated heterocycles. The van der Waals surface area contributed by atoms with Gasteiger partial charge in [-0.3, -0.25) is 4.79 Å². The second-order valence-corrected chi connectivity index (χ2v) is 6.46. The van der Waals surface area contributed by atoms with E-state index in [4.69, 9.17) is 0 Å². The molecule has 1 fully saturated rings. The summed E-state index contributed by atoms with van der Waals surface area (Å²) in [4.78, 5) is 14.0. The predicted octanol–water partition coefficient (Wildman–Crippen LogP) is 3.47. The fraction of sp³-hybridized carbons (Fsp3) is 0.562. The molecule has 0 bridgehead atoms. The minimum absolute atomic E-state index is 0.140. The number of carbonyl (C=O) groups is 1. The zero-order chi connectivity index (χ0) is 13.3. The molecule has 1 amide bonds. The van der Waals surface area contributed by atoms with Crippen molar-refractivity contribution in [3.05, 3.63) is 35.4 Å². The number of amides is 1. The van der Waals surface area contributed by atoms with Crippen LogP contribution in [-0.2, 0) is 5.41 Å². The summed E-state index contributed by atoms with van der Waals surface area (Å²) in [5.41, 5.74) is 2.21. The zero-order valence-electron chi connectivity index (χ0n) is 11.9. The van der Waals surface area contributed by atoms with Gasteiger partial charge in [0.05, 0.1) is 0 Å². The average molecular weight is 245 g/mol. The quantitative estimate of drug-likeness (QED) is 0.798. The molecule has 0 unspecified atom stereocenters. The van der Waals surface area contributed by atoms with E-state index in [1.807, 2.05) is 24.1 Å². The highest BCUT2D eigenvalue weighted by Crippen LogP contribution is 2.29. The van der Waals surface area contributed by atoms with Gasteiger partial charge in [0, 0.05) is 19.2 Å². The molecule has 0 heterocycles. The van der Waals surface area contributed by atoms with Crippen LogP contribution in [0.15, 0.2) is 24.3 Å². The number of hydrogen-bond acceptors (Lipinski definition) is 1. The fourth-order valence-corrected chi connectivity index (χ4v) is 2.10. The molecule has 18 heavy (non-hydrogen) atoms. The van der Waals surface area contributed by atoms with E-state index < -0.39 is 0 Å². The average Bonchev–Trinajstić information content (AvgIpc) is 3.11. The van der Waals surface area contributed by atoms with Gasteiger partial charge < -0.3 is 4.90 Å². The van der Waals surface area contributed by atoms with Gasteiger partial charge in [-0.05, 0) is 41.9 Å². The molecule has 0 spiro atoms. The molecule has 1 aromatic rings. The van der Waals surface area contributed by atoms with E-state index in [0.717, 1.165) is 18.0 Å². The number of carbonyl (C=O) groups excluding carboxylic acids is 1. The highest BCUT2D eigenvalue weighted by molar-refractivity contribution is 5.94. The third kappa shape index (κ3) is 3.12. The maximum absolute atomic E-state index is 12.2. The Kier molecular flexibility index (Phi) is 3.47. The van der Waals surface area contributed by atoms with E-state index in [1.165, 1.54) is 18.4 Å². The number of benzene rings is 1. The van der Waals surface area contributed by atoms with Gasteiger partial charge in [0.15, 0.2) is 0 Å². The summed E-state index contributed by atoms with van der Waals surface area (Å²) in [5.74, 6) is 0.884. The largest absolute Gasteiger partial charge is 0.341 e. The van der Waals surface area contributed by atoms with E-state index in [2.05, 4.69) is 32.9 Å². The SMILES string of the molecule is CN(CC1CC1)C(=O)c1ccc(C(C)(C)C)cc1. The van der Waals surface area contributed by atoms with Crippen LogP contribution >= 0.6 is 0 Å². The van der Waals surface area contributed by atoms with E-state index in [0.29, 0.717) is 0 Å². The maximum Gasteiger partial charge on any atom is 0.253 e. The van der Waals surface area contributed by atoms with Crippen molar-refractivity contribution >= 4 is 5.91 Å². The molecule has 0 N–H and O–H groups in total. The molecule has 1 aromatic carbocycles. The normalized spacial score (nSPS) is 15.6. The Morgan fingerprint density at radius 3 is 2.22 bits per heavy atom. The van der Waals surface area contributed by atoms with Crippen molar-refractivity contribution in [2.75, 3.05) is 13.6 Å². The van der Waals surface area contributed by atoms with E-state index >= 15 is 0 Å². The first-order valence-electron chi connectivity index (χ1n) is 6.74. The third-order valence-electron chi connectivity index (χ3n) is 3.57. The van der Waals surface area contributed by atoms with Crippen LogP contribution in [0.1, 0.15) is 49.5 Å². The minimum Gasteiger partial charge on any atom is -0.341 e. The highest BCUT2D eigenvalue weighted by atomic mass is 16.2. The van der Waals surface area contributed by atoms with Crippen molar-refractivity contribution in [2.24, 2.45) is 5.92 Å². The summed E-state index contributed by atoms with van der Waals surface area (Å²) in [7, 11) is 1.90. The van der Waals surface area contributed by atoms with Gasteiger partial charge in [0.25, 0.3) is 5.91 Å². The lowest BCUT2D eigenvalue weighted by Crippen LogP contribution is -2.28.